The smallest absolute Gasteiger partial charge is 0.134 e. The molecule has 0 amide bonds. The van der Waals surface area contributed by atoms with Crippen LogP contribution < -0.4 is 4.74 Å². The van der Waals surface area contributed by atoms with Gasteiger partial charge in [0.05, 0.1) is 13.2 Å². The van der Waals surface area contributed by atoms with Gasteiger partial charge in [-0.3, -0.25) is 4.90 Å². The van der Waals surface area contributed by atoms with E-state index in [1.165, 1.54) is 6.33 Å². The van der Waals surface area contributed by atoms with Crippen LogP contribution in [-0.2, 0) is 11.3 Å². The van der Waals surface area contributed by atoms with E-state index in [2.05, 4.69) is 14.9 Å². The second kappa shape index (κ2) is 7.70. The third-order valence-electron chi connectivity index (χ3n) is 4.05. The molecule has 6 heteroatoms. The van der Waals surface area contributed by atoms with E-state index in [1.54, 1.807) is 12.4 Å². The molecule has 128 valence electrons. The van der Waals surface area contributed by atoms with Gasteiger partial charge in [0.2, 0.25) is 0 Å². The van der Waals surface area contributed by atoms with E-state index in [0.29, 0.717) is 19.7 Å². The zero-order valence-corrected chi connectivity index (χ0v) is 13.9. The Hall–Kier alpha value is -2.02. The van der Waals surface area contributed by atoms with Crippen molar-refractivity contribution in [2.45, 2.75) is 19.1 Å². The fourth-order valence-electron chi connectivity index (χ4n) is 2.82. The van der Waals surface area contributed by atoms with Gasteiger partial charge in [0.15, 0.2) is 0 Å². The van der Waals surface area contributed by atoms with Gasteiger partial charge in [-0.1, -0.05) is 18.2 Å². The molecule has 0 radical (unpaired) electrons. The van der Waals surface area contributed by atoms with Gasteiger partial charge in [-0.15, -0.1) is 0 Å². The first kappa shape index (κ1) is 16.8. The van der Waals surface area contributed by atoms with Crippen molar-refractivity contribution < 1.29 is 14.6 Å². The molecular formula is C18H23N3O3. The molecule has 1 atom stereocenters. The van der Waals surface area contributed by atoms with Crippen molar-refractivity contribution in [2.24, 2.45) is 0 Å². The lowest BCUT2D eigenvalue weighted by molar-refractivity contribution is -0.0647. The summed E-state index contributed by atoms with van der Waals surface area (Å²) in [6.45, 7) is 4.94. The Bertz CT molecular complexity index is 653. The van der Waals surface area contributed by atoms with Crippen LogP contribution in [0.1, 0.15) is 11.1 Å². The predicted molar refractivity (Wildman–Crippen MR) is 89.8 cm³/mol. The van der Waals surface area contributed by atoms with Gasteiger partial charge in [-0.2, -0.15) is 0 Å². The molecule has 24 heavy (non-hydrogen) atoms. The number of aryl methyl sites for hydroxylation is 1. The standard InChI is InChI=1S/C18H23N3O3/c1-15-4-2-3-5-17(15)24-13-18(22)11-21(6-7-23-12-18)10-16-8-19-14-20-9-16/h2-5,8-9,14,22H,6-7,10-13H2,1H3/t18-/m0/s1. The van der Waals surface area contributed by atoms with Gasteiger partial charge in [0, 0.05) is 37.6 Å². The van der Waals surface area contributed by atoms with Crippen LogP contribution in [-0.4, -0.2) is 58.5 Å². The Balaban J connectivity index is 1.63. The molecule has 2 heterocycles. The van der Waals surface area contributed by atoms with Crippen molar-refractivity contribution >= 4 is 0 Å². The summed E-state index contributed by atoms with van der Waals surface area (Å²) in [7, 11) is 0. The zero-order chi connectivity index (χ0) is 16.8. The first-order valence-electron chi connectivity index (χ1n) is 8.09. The maximum atomic E-state index is 10.9. The lowest BCUT2D eigenvalue weighted by Gasteiger charge is -2.30. The molecular weight excluding hydrogens is 306 g/mol. The van der Waals surface area contributed by atoms with Crippen molar-refractivity contribution in [2.75, 3.05) is 32.9 Å². The van der Waals surface area contributed by atoms with Crippen LogP contribution in [0.15, 0.2) is 43.0 Å². The van der Waals surface area contributed by atoms with Gasteiger partial charge < -0.3 is 14.6 Å². The highest BCUT2D eigenvalue weighted by Crippen LogP contribution is 2.20. The Labute approximate surface area is 142 Å². The minimum Gasteiger partial charge on any atom is -0.490 e. The Morgan fingerprint density at radius 1 is 1.29 bits per heavy atom. The Kier molecular flexibility index (Phi) is 5.40. The van der Waals surface area contributed by atoms with Crippen molar-refractivity contribution in [1.29, 1.82) is 0 Å². The molecule has 2 aromatic rings. The number of nitrogens with zero attached hydrogens (tertiary/aromatic N) is 3. The average Bonchev–Trinajstić information content (AvgIpc) is 2.77. The highest BCUT2D eigenvalue weighted by Gasteiger charge is 2.33. The first-order chi connectivity index (χ1) is 11.6. The molecule has 1 aromatic heterocycles. The van der Waals surface area contributed by atoms with Gasteiger partial charge in [-0.25, -0.2) is 9.97 Å². The number of ether oxygens (including phenoxy) is 2. The van der Waals surface area contributed by atoms with Gasteiger partial charge in [0.25, 0.3) is 0 Å². The normalized spacial score (nSPS) is 22.1. The summed E-state index contributed by atoms with van der Waals surface area (Å²) in [6.07, 6.45) is 5.10. The number of rotatable bonds is 5. The molecule has 0 unspecified atom stereocenters. The third-order valence-corrected chi connectivity index (χ3v) is 4.05. The van der Waals surface area contributed by atoms with E-state index in [-0.39, 0.29) is 13.2 Å². The average molecular weight is 329 g/mol. The monoisotopic (exact) mass is 329 g/mol. The van der Waals surface area contributed by atoms with E-state index in [0.717, 1.165) is 23.4 Å². The summed E-state index contributed by atoms with van der Waals surface area (Å²) in [5.41, 5.74) is 1.02. The molecule has 0 bridgehead atoms. The second-order valence-corrected chi connectivity index (χ2v) is 6.29. The maximum Gasteiger partial charge on any atom is 0.134 e. The SMILES string of the molecule is Cc1ccccc1OC[C@@]1(O)COCCN(Cc2cncnc2)C1. The maximum absolute atomic E-state index is 10.9. The minimum atomic E-state index is -1.05. The minimum absolute atomic E-state index is 0.194. The molecule has 6 nitrogen and oxygen atoms in total. The molecule has 0 saturated carbocycles. The summed E-state index contributed by atoms with van der Waals surface area (Å²) in [4.78, 5) is 10.2. The molecule has 1 fully saturated rings. The molecule has 1 aromatic carbocycles. The van der Waals surface area contributed by atoms with Crippen LogP contribution in [0.5, 0.6) is 5.75 Å². The number of β-amino-alcohol motifs (C(OH)–C–C–N with tert-alkyl or cyclic N) is 1. The Morgan fingerprint density at radius 2 is 2.08 bits per heavy atom. The molecule has 0 spiro atoms. The van der Waals surface area contributed by atoms with Crippen molar-refractivity contribution in [3.05, 3.63) is 54.1 Å². The number of aromatic nitrogens is 2. The van der Waals surface area contributed by atoms with Crippen molar-refractivity contribution in [3.8, 4) is 5.75 Å². The molecule has 1 saturated heterocycles. The number of benzene rings is 1. The molecule has 0 aliphatic carbocycles. The summed E-state index contributed by atoms with van der Waals surface area (Å²) < 4.78 is 11.4. The number of aliphatic hydroxyl groups is 1. The van der Waals surface area contributed by atoms with E-state index in [9.17, 15) is 5.11 Å². The summed E-state index contributed by atoms with van der Waals surface area (Å²) in [5, 5.41) is 10.9. The topological polar surface area (TPSA) is 67.7 Å². The van der Waals surface area contributed by atoms with E-state index in [4.69, 9.17) is 9.47 Å². The predicted octanol–water partition coefficient (Wildman–Crippen LogP) is 1.43. The van der Waals surface area contributed by atoms with Gasteiger partial charge in [0.1, 0.15) is 24.3 Å². The summed E-state index contributed by atoms with van der Waals surface area (Å²) >= 11 is 0. The number of hydrogen-bond donors (Lipinski definition) is 1. The van der Waals surface area contributed by atoms with Crippen LogP contribution in [0.4, 0.5) is 0 Å². The summed E-state index contributed by atoms with van der Waals surface area (Å²) in [6, 6.07) is 7.80. The highest BCUT2D eigenvalue weighted by molar-refractivity contribution is 5.31. The van der Waals surface area contributed by atoms with Crippen LogP contribution in [0, 0.1) is 6.92 Å². The lowest BCUT2D eigenvalue weighted by atomic mass is 10.1. The molecule has 3 rings (SSSR count). The van der Waals surface area contributed by atoms with Gasteiger partial charge in [-0.05, 0) is 18.6 Å². The van der Waals surface area contributed by atoms with Crippen LogP contribution in [0.3, 0.4) is 0 Å². The largest absolute Gasteiger partial charge is 0.490 e. The molecule has 1 N–H and O–H groups in total. The first-order valence-corrected chi connectivity index (χ1v) is 8.09. The van der Waals surface area contributed by atoms with E-state index >= 15 is 0 Å². The van der Waals surface area contributed by atoms with Crippen LogP contribution in [0.25, 0.3) is 0 Å². The number of hydrogen-bond acceptors (Lipinski definition) is 6. The summed E-state index contributed by atoms with van der Waals surface area (Å²) in [5.74, 6) is 0.790. The Morgan fingerprint density at radius 3 is 2.88 bits per heavy atom. The van der Waals surface area contributed by atoms with Gasteiger partial charge >= 0.3 is 0 Å². The fourth-order valence-corrected chi connectivity index (χ4v) is 2.82. The zero-order valence-electron chi connectivity index (χ0n) is 13.9. The second-order valence-electron chi connectivity index (χ2n) is 6.29. The van der Waals surface area contributed by atoms with E-state index < -0.39 is 5.60 Å². The quantitative estimate of drug-likeness (QED) is 0.895. The van der Waals surface area contributed by atoms with Crippen molar-refractivity contribution in [3.63, 3.8) is 0 Å². The lowest BCUT2D eigenvalue weighted by Crippen LogP contribution is -2.48. The van der Waals surface area contributed by atoms with Crippen molar-refractivity contribution in [1.82, 2.24) is 14.9 Å². The molecule has 1 aliphatic rings. The fraction of sp³-hybridized carbons (Fsp3) is 0.444. The molecule has 1 aliphatic heterocycles. The third kappa shape index (κ3) is 4.50. The van der Waals surface area contributed by atoms with E-state index in [1.807, 2.05) is 31.2 Å². The highest BCUT2D eigenvalue weighted by atomic mass is 16.5. The van der Waals surface area contributed by atoms with Crippen LogP contribution in [0.2, 0.25) is 0 Å². The number of para-hydroxylation sites is 1. The van der Waals surface area contributed by atoms with Crippen LogP contribution >= 0.6 is 0 Å².